The largest absolute Gasteiger partial charge is 0.470 e. The Morgan fingerprint density at radius 2 is 1.97 bits per heavy atom. The van der Waals surface area contributed by atoms with E-state index in [1.807, 2.05) is 6.92 Å². The normalized spacial score (nSPS) is 19.0. The molecule has 8 nitrogen and oxygen atoms in total. The predicted molar refractivity (Wildman–Crippen MR) is 117 cm³/mol. The Hall–Kier alpha value is -3.15. The average molecular weight is 497 g/mol. The van der Waals surface area contributed by atoms with Crippen molar-refractivity contribution in [3.8, 4) is 5.88 Å². The van der Waals surface area contributed by atoms with Crippen LogP contribution in [-0.4, -0.2) is 58.0 Å². The SMILES string of the molecule is C[C@@H]1CC[C@@H](Oc2nccn3c(C(F)(F)F)cnc23)CN1C(=O)c1ccccc1CC[SH](=O)=O. The molecule has 0 radical (unpaired) electrons. The first-order valence-corrected chi connectivity index (χ1v) is 12.1. The minimum Gasteiger partial charge on any atom is -0.470 e. The molecule has 1 saturated heterocycles. The first kappa shape index (κ1) is 24.0. The molecule has 0 aliphatic carbocycles. The maximum atomic E-state index is 13.4. The van der Waals surface area contributed by atoms with Crippen LogP contribution in [0.2, 0.25) is 0 Å². The topological polar surface area (TPSA) is 93.9 Å². The number of alkyl halides is 3. The Kier molecular flexibility index (Phi) is 6.78. The standard InChI is InChI=1S/C22H23F3N4O4S/c1-14-6-7-16(33-20-19-27-12-18(22(23,24)25)28(19)10-9-26-20)13-29(14)21(30)17-5-3-2-4-15(17)8-11-34(31)32/h2-5,9-10,12,14,16,34H,6-8,11,13H2,1H3/t14-,16-/m1/s1. The van der Waals surface area contributed by atoms with Gasteiger partial charge in [0.05, 0.1) is 18.5 Å². The summed E-state index contributed by atoms with van der Waals surface area (Å²) in [6, 6.07) is 6.77. The second kappa shape index (κ2) is 9.61. The number of rotatable bonds is 6. The highest BCUT2D eigenvalue weighted by atomic mass is 32.2. The Balaban J connectivity index is 1.55. The Labute approximate surface area is 195 Å². The number of thiol groups is 1. The lowest BCUT2D eigenvalue weighted by Gasteiger charge is -2.38. The number of ether oxygens (including phenoxy) is 1. The third-order valence-electron chi connectivity index (χ3n) is 5.88. The zero-order chi connectivity index (χ0) is 24.5. The summed E-state index contributed by atoms with van der Waals surface area (Å²) in [7, 11) is -2.57. The molecular weight excluding hydrogens is 473 g/mol. The number of halogens is 3. The van der Waals surface area contributed by atoms with E-state index in [9.17, 15) is 26.4 Å². The molecule has 1 aliphatic rings. The molecule has 0 bridgehead atoms. The van der Waals surface area contributed by atoms with Gasteiger partial charge >= 0.3 is 6.18 Å². The summed E-state index contributed by atoms with van der Waals surface area (Å²) in [5.74, 6) is -0.339. The van der Waals surface area contributed by atoms with Crippen LogP contribution in [0.5, 0.6) is 5.88 Å². The van der Waals surface area contributed by atoms with Crippen LogP contribution >= 0.6 is 0 Å². The number of hydrogen-bond donors (Lipinski definition) is 1. The van der Waals surface area contributed by atoms with Gasteiger partial charge in [0.15, 0.2) is 0 Å². The number of carbonyl (C=O) groups is 1. The second-order valence-electron chi connectivity index (χ2n) is 8.15. The molecule has 12 heteroatoms. The van der Waals surface area contributed by atoms with E-state index in [1.165, 1.54) is 12.4 Å². The van der Waals surface area contributed by atoms with Crippen molar-refractivity contribution in [2.75, 3.05) is 12.3 Å². The van der Waals surface area contributed by atoms with Crippen molar-refractivity contribution < 1.29 is 31.1 Å². The molecule has 3 aromatic rings. The van der Waals surface area contributed by atoms with Crippen LogP contribution in [0.3, 0.4) is 0 Å². The zero-order valence-corrected chi connectivity index (χ0v) is 19.1. The number of amides is 1. The first-order chi connectivity index (χ1) is 16.1. The fourth-order valence-electron chi connectivity index (χ4n) is 4.11. The van der Waals surface area contributed by atoms with Crippen LogP contribution in [0.25, 0.3) is 5.65 Å². The number of benzene rings is 1. The highest BCUT2D eigenvalue weighted by Gasteiger charge is 2.36. The van der Waals surface area contributed by atoms with Crippen molar-refractivity contribution in [3.63, 3.8) is 0 Å². The number of aromatic nitrogens is 3. The van der Waals surface area contributed by atoms with Crippen molar-refractivity contribution in [2.24, 2.45) is 0 Å². The van der Waals surface area contributed by atoms with Gasteiger partial charge in [-0.15, -0.1) is 0 Å². The number of carbonyl (C=O) groups excluding carboxylic acids is 1. The number of nitrogens with zero attached hydrogens (tertiary/aromatic N) is 4. The van der Waals surface area contributed by atoms with Gasteiger partial charge in [0.1, 0.15) is 22.5 Å². The molecular formula is C22H23F3N4O4S. The fraction of sp³-hybridized carbons (Fsp3) is 0.409. The highest BCUT2D eigenvalue weighted by molar-refractivity contribution is 7.72. The summed E-state index contributed by atoms with van der Waals surface area (Å²) in [5.41, 5.74) is 0.0873. The Bertz CT molecular complexity index is 1270. The molecule has 182 valence electrons. The molecule has 0 spiro atoms. The molecule has 1 fully saturated rings. The van der Waals surface area contributed by atoms with Crippen LogP contribution in [0.15, 0.2) is 42.9 Å². The summed E-state index contributed by atoms with van der Waals surface area (Å²) < 4.78 is 68.5. The molecule has 1 aromatic carbocycles. The summed E-state index contributed by atoms with van der Waals surface area (Å²) >= 11 is 0. The summed E-state index contributed by atoms with van der Waals surface area (Å²) in [4.78, 5) is 22.9. The van der Waals surface area contributed by atoms with E-state index in [0.29, 0.717) is 24.0 Å². The van der Waals surface area contributed by atoms with E-state index in [4.69, 9.17) is 4.74 Å². The quantitative estimate of drug-likeness (QED) is 0.528. The first-order valence-electron chi connectivity index (χ1n) is 10.7. The van der Waals surface area contributed by atoms with Gasteiger partial charge in [0.2, 0.25) is 5.65 Å². The van der Waals surface area contributed by atoms with Crippen molar-refractivity contribution in [1.82, 2.24) is 19.3 Å². The number of piperidine rings is 1. The highest BCUT2D eigenvalue weighted by Crippen LogP contribution is 2.32. The number of imidazole rings is 1. The van der Waals surface area contributed by atoms with Crippen molar-refractivity contribution in [1.29, 1.82) is 0 Å². The molecule has 0 N–H and O–H groups in total. The fourth-order valence-corrected chi connectivity index (χ4v) is 4.54. The number of fused-ring (bicyclic) bond motifs is 1. The van der Waals surface area contributed by atoms with Crippen molar-refractivity contribution in [3.05, 3.63) is 59.7 Å². The van der Waals surface area contributed by atoms with Crippen molar-refractivity contribution >= 4 is 22.3 Å². The number of hydrogen-bond acceptors (Lipinski definition) is 6. The molecule has 2 aromatic heterocycles. The zero-order valence-electron chi connectivity index (χ0n) is 18.2. The predicted octanol–water partition coefficient (Wildman–Crippen LogP) is 2.97. The second-order valence-corrected chi connectivity index (χ2v) is 9.27. The molecule has 3 heterocycles. The Morgan fingerprint density at radius 3 is 2.71 bits per heavy atom. The number of aryl methyl sites for hydroxylation is 1. The maximum Gasteiger partial charge on any atom is 0.433 e. The van der Waals surface area contributed by atoms with Gasteiger partial charge in [-0.2, -0.15) is 13.2 Å². The van der Waals surface area contributed by atoms with Gasteiger partial charge in [-0.1, -0.05) is 18.2 Å². The molecule has 1 aliphatic heterocycles. The smallest absolute Gasteiger partial charge is 0.433 e. The molecule has 2 atom stereocenters. The van der Waals surface area contributed by atoms with Gasteiger partial charge in [-0.05, 0) is 37.8 Å². The minimum absolute atomic E-state index is 0.0374. The van der Waals surface area contributed by atoms with E-state index in [1.54, 1.807) is 29.2 Å². The summed E-state index contributed by atoms with van der Waals surface area (Å²) in [6.45, 7) is 2.12. The lowest BCUT2D eigenvalue weighted by atomic mass is 9.98. The summed E-state index contributed by atoms with van der Waals surface area (Å²) in [5, 5.41) is 0. The van der Waals surface area contributed by atoms with Gasteiger partial charge in [-0.25, -0.2) is 18.4 Å². The van der Waals surface area contributed by atoms with Crippen LogP contribution in [0, 0.1) is 0 Å². The monoisotopic (exact) mass is 496 g/mol. The lowest BCUT2D eigenvalue weighted by Crippen LogP contribution is -2.49. The average Bonchev–Trinajstić information content (AvgIpc) is 3.24. The van der Waals surface area contributed by atoms with E-state index in [-0.39, 0.29) is 42.2 Å². The van der Waals surface area contributed by atoms with Gasteiger partial charge in [0, 0.05) is 24.0 Å². The van der Waals surface area contributed by atoms with E-state index in [0.717, 1.165) is 10.6 Å². The molecule has 0 saturated carbocycles. The van der Waals surface area contributed by atoms with Crippen LogP contribution in [0.4, 0.5) is 13.2 Å². The third kappa shape index (κ3) is 5.01. The van der Waals surface area contributed by atoms with Crippen LogP contribution < -0.4 is 4.74 Å². The molecule has 0 unspecified atom stereocenters. The lowest BCUT2D eigenvalue weighted by molar-refractivity contribution is -0.141. The Morgan fingerprint density at radius 1 is 1.21 bits per heavy atom. The number of likely N-dealkylation sites (tertiary alicyclic amines) is 1. The van der Waals surface area contributed by atoms with Crippen LogP contribution in [-0.2, 0) is 23.3 Å². The third-order valence-corrected chi connectivity index (χ3v) is 6.46. The van der Waals surface area contributed by atoms with E-state index >= 15 is 0 Å². The van der Waals surface area contributed by atoms with E-state index in [2.05, 4.69) is 9.97 Å². The summed E-state index contributed by atoms with van der Waals surface area (Å²) in [6.07, 6.45) is -0.517. The van der Waals surface area contributed by atoms with Gasteiger partial charge in [0.25, 0.3) is 11.8 Å². The van der Waals surface area contributed by atoms with Crippen LogP contribution in [0.1, 0.15) is 41.4 Å². The molecule has 4 rings (SSSR count). The van der Waals surface area contributed by atoms with Gasteiger partial charge < -0.3 is 9.64 Å². The minimum atomic E-state index is -4.58. The van der Waals surface area contributed by atoms with E-state index < -0.39 is 28.7 Å². The molecule has 34 heavy (non-hydrogen) atoms. The van der Waals surface area contributed by atoms with Gasteiger partial charge in [-0.3, -0.25) is 9.20 Å². The molecule has 1 amide bonds. The maximum absolute atomic E-state index is 13.4. The van der Waals surface area contributed by atoms with Crippen molar-refractivity contribution in [2.45, 2.75) is 44.5 Å².